The van der Waals surface area contributed by atoms with Crippen LogP contribution in [0.5, 0.6) is 17.2 Å². The Bertz CT molecular complexity index is 671. The van der Waals surface area contributed by atoms with Crippen molar-refractivity contribution in [1.82, 2.24) is 4.98 Å². The summed E-state index contributed by atoms with van der Waals surface area (Å²) in [6, 6.07) is 3.69. The third-order valence-corrected chi connectivity index (χ3v) is 4.04. The molecule has 0 radical (unpaired) electrons. The summed E-state index contributed by atoms with van der Waals surface area (Å²) in [5.74, 6) is 1.79. The third-order valence-electron chi connectivity index (χ3n) is 4.04. The van der Waals surface area contributed by atoms with E-state index in [0.717, 1.165) is 23.7 Å². The molecule has 0 bridgehead atoms. The van der Waals surface area contributed by atoms with Gasteiger partial charge in [-0.2, -0.15) is 0 Å². The molecule has 0 fully saturated rings. The van der Waals surface area contributed by atoms with Crippen LogP contribution in [-0.2, 0) is 0 Å². The number of H-pyrrole nitrogens is 1. The highest BCUT2D eigenvalue weighted by molar-refractivity contribution is 6.02. The Morgan fingerprint density at radius 3 is 2.18 bits per heavy atom. The maximum Gasteiger partial charge on any atom is 0.205 e. The molecule has 5 nitrogen and oxygen atoms in total. The fourth-order valence-corrected chi connectivity index (χ4v) is 2.76. The van der Waals surface area contributed by atoms with Gasteiger partial charge in [-0.05, 0) is 25.0 Å². The molecule has 2 rings (SSSR count). The van der Waals surface area contributed by atoms with Crippen LogP contribution in [0.2, 0.25) is 0 Å². The Labute approximate surface area is 130 Å². The maximum atomic E-state index is 12.6. The molecular weight excluding hydrogens is 282 g/mol. The van der Waals surface area contributed by atoms with Gasteiger partial charge in [0, 0.05) is 11.3 Å². The normalized spacial score (nSPS) is 11.0. The number of ketones is 1. The van der Waals surface area contributed by atoms with E-state index in [9.17, 15) is 4.79 Å². The first-order valence-corrected chi connectivity index (χ1v) is 7.47. The molecule has 0 saturated carbocycles. The highest BCUT2D eigenvalue weighted by Gasteiger charge is 2.22. The first-order chi connectivity index (χ1) is 10.6. The van der Waals surface area contributed by atoms with Gasteiger partial charge >= 0.3 is 0 Å². The summed E-state index contributed by atoms with van der Waals surface area (Å²) in [6.07, 6.45) is 1.66. The van der Waals surface area contributed by atoms with Crippen molar-refractivity contribution in [1.29, 1.82) is 0 Å². The molecule has 0 aliphatic rings. The lowest BCUT2D eigenvalue weighted by Crippen LogP contribution is -2.13. The van der Waals surface area contributed by atoms with E-state index in [1.165, 1.54) is 0 Å². The van der Waals surface area contributed by atoms with Crippen molar-refractivity contribution in [2.45, 2.75) is 26.7 Å². The third kappa shape index (κ3) is 2.63. The van der Waals surface area contributed by atoms with Gasteiger partial charge in [0.25, 0.3) is 0 Å². The minimum atomic E-state index is 0.0304. The average Bonchev–Trinajstić information content (AvgIpc) is 2.97. The van der Waals surface area contributed by atoms with Gasteiger partial charge in [-0.25, -0.2) is 0 Å². The molecular formula is C17H23NO4. The second kappa shape index (κ2) is 6.73. The fourth-order valence-electron chi connectivity index (χ4n) is 2.76. The zero-order valence-electron chi connectivity index (χ0n) is 13.8. The summed E-state index contributed by atoms with van der Waals surface area (Å²) in [6.45, 7) is 4.06. The molecule has 0 amide bonds. The van der Waals surface area contributed by atoms with Crippen molar-refractivity contribution in [3.63, 3.8) is 0 Å². The number of aromatic amines is 1. The molecule has 1 heterocycles. The summed E-state index contributed by atoms with van der Waals surface area (Å²) in [5, 5.41) is 0.865. The van der Waals surface area contributed by atoms with Gasteiger partial charge in [0.1, 0.15) is 0 Å². The van der Waals surface area contributed by atoms with E-state index >= 15 is 0 Å². The topological polar surface area (TPSA) is 60.6 Å². The van der Waals surface area contributed by atoms with Crippen LogP contribution < -0.4 is 14.2 Å². The molecule has 1 aromatic carbocycles. The number of aromatic nitrogens is 1. The Morgan fingerprint density at radius 2 is 1.68 bits per heavy atom. The number of benzene rings is 1. The molecule has 0 spiro atoms. The van der Waals surface area contributed by atoms with Crippen molar-refractivity contribution < 1.29 is 19.0 Å². The lowest BCUT2D eigenvalue weighted by atomic mass is 9.96. The number of nitrogens with one attached hydrogen (secondary N) is 1. The van der Waals surface area contributed by atoms with E-state index in [1.807, 2.05) is 26.0 Å². The molecule has 120 valence electrons. The van der Waals surface area contributed by atoms with Crippen LogP contribution in [0.4, 0.5) is 0 Å². The Kier molecular flexibility index (Phi) is 4.96. The van der Waals surface area contributed by atoms with Gasteiger partial charge in [-0.1, -0.05) is 13.8 Å². The van der Waals surface area contributed by atoms with E-state index in [0.29, 0.717) is 22.9 Å². The molecule has 0 saturated heterocycles. The van der Waals surface area contributed by atoms with Crippen LogP contribution in [0.25, 0.3) is 10.9 Å². The summed E-state index contributed by atoms with van der Waals surface area (Å²) >= 11 is 0. The van der Waals surface area contributed by atoms with Gasteiger partial charge in [-0.15, -0.1) is 0 Å². The Balaban J connectivity index is 2.61. The van der Waals surface area contributed by atoms with Crippen molar-refractivity contribution >= 4 is 16.7 Å². The lowest BCUT2D eigenvalue weighted by Gasteiger charge is -2.12. The Morgan fingerprint density at radius 1 is 1.05 bits per heavy atom. The fraction of sp³-hybridized carbons (Fsp3) is 0.471. The number of carbonyl (C=O) groups is 1. The van der Waals surface area contributed by atoms with Gasteiger partial charge in [0.05, 0.1) is 32.5 Å². The molecule has 5 heteroatoms. The van der Waals surface area contributed by atoms with Crippen LogP contribution in [0, 0.1) is 5.92 Å². The molecule has 0 unspecified atom stereocenters. The van der Waals surface area contributed by atoms with Crippen molar-refractivity contribution in [3.8, 4) is 17.2 Å². The predicted octanol–water partition coefficient (Wildman–Crippen LogP) is 3.81. The minimum absolute atomic E-state index is 0.0304. The molecule has 2 aromatic rings. The smallest absolute Gasteiger partial charge is 0.205 e. The van der Waals surface area contributed by atoms with Crippen molar-refractivity contribution in [2.75, 3.05) is 21.3 Å². The molecule has 0 aliphatic carbocycles. The van der Waals surface area contributed by atoms with Gasteiger partial charge in [0.2, 0.25) is 5.75 Å². The summed E-state index contributed by atoms with van der Waals surface area (Å²) in [7, 11) is 4.71. The zero-order chi connectivity index (χ0) is 16.3. The molecule has 0 atom stereocenters. The molecule has 0 aliphatic heterocycles. The highest BCUT2D eigenvalue weighted by atomic mass is 16.5. The van der Waals surface area contributed by atoms with Crippen molar-refractivity contribution in [2.24, 2.45) is 5.92 Å². The van der Waals surface area contributed by atoms with E-state index < -0.39 is 0 Å². The van der Waals surface area contributed by atoms with Crippen LogP contribution in [0.1, 0.15) is 37.2 Å². The summed E-state index contributed by atoms with van der Waals surface area (Å²) < 4.78 is 16.2. The minimum Gasteiger partial charge on any atom is -0.493 e. The van der Waals surface area contributed by atoms with Crippen LogP contribution in [0.15, 0.2) is 12.1 Å². The monoisotopic (exact) mass is 305 g/mol. The number of Topliss-reactive ketones (excluding diaryl/α,β-unsaturated/α-hetero) is 1. The quantitative estimate of drug-likeness (QED) is 0.790. The summed E-state index contributed by atoms with van der Waals surface area (Å²) in [5.41, 5.74) is 1.34. The number of methoxy groups -OCH3 is 3. The molecule has 22 heavy (non-hydrogen) atoms. The maximum absolute atomic E-state index is 12.6. The largest absolute Gasteiger partial charge is 0.493 e. The number of hydrogen-bond donors (Lipinski definition) is 1. The lowest BCUT2D eigenvalue weighted by molar-refractivity contribution is 0.0909. The van der Waals surface area contributed by atoms with E-state index in [1.54, 1.807) is 21.3 Å². The highest BCUT2D eigenvalue weighted by Crippen LogP contribution is 2.43. The number of rotatable bonds is 7. The van der Waals surface area contributed by atoms with Crippen LogP contribution >= 0.6 is 0 Å². The van der Waals surface area contributed by atoms with E-state index in [4.69, 9.17) is 14.2 Å². The second-order valence-electron chi connectivity index (χ2n) is 5.17. The average molecular weight is 305 g/mol. The first kappa shape index (κ1) is 16.2. The number of carbonyl (C=O) groups excluding carboxylic acids is 1. The standard InChI is InChI=1S/C17H23NO4/c1-6-10(7-2)15(19)12-8-11-9-13(20-3)16(21-4)17(22-5)14(11)18-12/h8-10,18H,6-7H2,1-5H3. The number of ether oxygens (including phenoxy) is 3. The molecule has 1 N–H and O–H groups in total. The van der Waals surface area contributed by atoms with Gasteiger partial charge in [0.15, 0.2) is 17.3 Å². The number of hydrogen-bond acceptors (Lipinski definition) is 4. The van der Waals surface area contributed by atoms with Crippen LogP contribution in [0.3, 0.4) is 0 Å². The zero-order valence-corrected chi connectivity index (χ0v) is 13.8. The van der Waals surface area contributed by atoms with Gasteiger partial charge < -0.3 is 19.2 Å². The first-order valence-electron chi connectivity index (χ1n) is 7.47. The predicted molar refractivity (Wildman–Crippen MR) is 86.4 cm³/mol. The SMILES string of the molecule is CCC(CC)C(=O)c1cc2cc(OC)c(OC)c(OC)c2[nH]1. The van der Waals surface area contributed by atoms with E-state index in [2.05, 4.69) is 4.98 Å². The molecule has 1 aromatic heterocycles. The summed E-state index contributed by atoms with van der Waals surface area (Å²) in [4.78, 5) is 15.7. The van der Waals surface area contributed by atoms with Crippen LogP contribution in [-0.4, -0.2) is 32.1 Å². The number of fused-ring (bicyclic) bond motifs is 1. The second-order valence-corrected chi connectivity index (χ2v) is 5.17. The van der Waals surface area contributed by atoms with E-state index in [-0.39, 0.29) is 11.7 Å². The van der Waals surface area contributed by atoms with Gasteiger partial charge in [-0.3, -0.25) is 4.79 Å². The Hall–Kier alpha value is -2.17. The van der Waals surface area contributed by atoms with Crippen molar-refractivity contribution in [3.05, 3.63) is 17.8 Å².